The molecule has 0 radical (unpaired) electrons. The van der Waals surface area contributed by atoms with Gasteiger partial charge in [-0.2, -0.15) is 10.1 Å². The van der Waals surface area contributed by atoms with E-state index in [1.54, 1.807) is 4.68 Å². The summed E-state index contributed by atoms with van der Waals surface area (Å²) < 4.78 is 1.81. The van der Waals surface area contributed by atoms with E-state index in [1.807, 2.05) is 24.3 Å². The lowest BCUT2D eigenvalue weighted by Crippen LogP contribution is -2.33. The number of nitrogens with one attached hydrogen (secondary N) is 1. The fourth-order valence-corrected chi connectivity index (χ4v) is 4.40. The zero-order valence-corrected chi connectivity index (χ0v) is 16.1. The Hall–Kier alpha value is -2.92. The first-order valence-corrected chi connectivity index (χ1v) is 9.73. The summed E-state index contributed by atoms with van der Waals surface area (Å²) in [6, 6.07) is 15.8. The van der Waals surface area contributed by atoms with Crippen molar-refractivity contribution in [3.8, 4) is 0 Å². The average Bonchev–Trinajstić information content (AvgIpc) is 3.15. The van der Waals surface area contributed by atoms with Crippen molar-refractivity contribution < 1.29 is 4.79 Å². The van der Waals surface area contributed by atoms with Crippen LogP contribution in [0.25, 0.3) is 0 Å². The van der Waals surface area contributed by atoms with E-state index in [9.17, 15) is 4.79 Å². The van der Waals surface area contributed by atoms with Crippen LogP contribution in [0.5, 0.6) is 0 Å². The number of carbonyl (C=O) groups excluding carboxylic acids is 1. The Morgan fingerprint density at radius 3 is 2.71 bits per heavy atom. The number of fused-ring (bicyclic) bond motifs is 1. The SMILES string of the molecule is Cc1ccc(C2C3=C(CC(c4cccc(Cl)c4)CC3=O)Nc3ncnn32)cc1. The zero-order valence-electron chi connectivity index (χ0n) is 15.4. The average molecular weight is 391 g/mol. The standard InChI is InChI=1S/C22H19ClN4O/c1-13-5-7-14(8-6-13)21-20-18(26-22-24-12-25-27(21)22)10-16(11-19(20)28)15-3-2-4-17(23)9-15/h2-9,12,16,21H,10-11H2,1H3,(H,24,25,26). The Morgan fingerprint density at radius 1 is 1.11 bits per heavy atom. The summed E-state index contributed by atoms with van der Waals surface area (Å²) in [6.07, 6.45) is 2.74. The quantitative estimate of drug-likeness (QED) is 0.691. The maximum absolute atomic E-state index is 13.3. The molecule has 1 aliphatic carbocycles. The molecule has 5 nitrogen and oxygen atoms in total. The van der Waals surface area contributed by atoms with Gasteiger partial charge in [-0.3, -0.25) is 4.79 Å². The minimum atomic E-state index is -0.248. The third-order valence-electron chi connectivity index (χ3n) is 5.57. The van der Waals surface area contributed by atoms with Gasteiger partial charge in [-0.25, -0.2) is 4.68 Å². The van der Waals surface area contributed by atoms with Crippen LogP contribution in [0.1, 0.15) is 41.5 Å². The van der Waals surface area contributed by atoms with E-state index in [4.69, 9.17) is 11.6 Å². The molecule has 28 heavy (non-hydrogen) atoms. The number of aryl methyl sites for hydroxylation is 1. The minimum absolute atomic E-state index is 0.102. The third-order valence-corrected chi connectivity index (χ3v) is 5.81. The summed E-state index contributed by atoms with van der Waals surface area (Å²) in [7, 11) is 0. The first-order chi connectivity index (χ1) is 13.6. The largest absolute Gasteiger partial charge is 0.328 e. The van der Waals surface area contributed by atoms with E-state index in [0.29, 0.717) is 17.4 Å². The molecular formula is C22H19ClN4O. The summed E-state index contributed by atoms with van der Waals surface area (Å²) in [4.78, 5) is 17.6. The smallest absolute Gasteiger partial charge is 0.226 e. The van der Waals surface area contributed by atoms with Gasteiger partial charge in [-0.1, -0.05) is 53.6 Å². The van der Waals surface area contributed by atoms with Crippen LogP contribution in [0, 0.1) is 6.92 Å². The molecule has 140 valence electrons. The number of ketones is 1. The van der Waals surface area contributed by atoms with E-state index in [0.717, 1.165) is 28.8 Å². The van der Waals surface area contributed by atoms with Crippen molar-refractivity contribution in [2.24, 2.45) is 0 Å². The second-order valence-corrected chi connectivity index (χ2v) is 7.88. The molecule has 2 atom stereocenters. The number of anilines is 1. The highest BCUT2D eigenvalue weighted by Gasteiger charge is 2.39. The van der Waals surface area contributed by atoms with Gasteiger partial charge in [-0.15, -0.1) is 0 Å². The van der Waals surface area contributed by atoms with Crippen LogP contribution in [0.15, 0.2) is 66.1 Å². The number of allylic oxidation sites excluding steroid dienone is 2. The molecule has 0 saturated carbocycles. The number of halogens is 1. The number of hydrogen-bond acceptors (Lipinski definition) is 4. The molecule has 1 aliphatic heterocycles. The number of Topliss-reactive ketones (excluding diaryl/α,β-unsaturated/α-hetero) is 1. The second-order valence-electron chi connectivity index (χ2n) is 7.44. The van der Waals surface area contributed by atoms with E-state index in [2.05, 4.69) is 46.6 Å². The molecular weight excluding hydrogens is 372 g/mol. The Bertz CT molecular complexity index is 1100. The maximum Gasteiger partial charge on any atom is 0.226 e. The predicted molar refractivity (Wildman–Crippen MR) is 108 cm³/mol. The van der Waals surface area contributed by atoms with Crippen LogP contribution < -0.4 is 5.32 Å². The van der Waals surface area contributed by atoms with Crippen LogP contribution in [-0.2, 0) is 4.79 Å². The van der Waals surface area contributed by atoms with Crippen LogP contribution >= 0.6 is 11.6 Å². The van der Waals surface area contributed by atoms with Crippen LogP contribution in [-0.4, -0.2) is 20.5 Å². The highest BCUT2D eigenvalue weighted by Crippen LogP contribution is 2.43. The van der Waals surface area contributed by atoms with Crippen molar-refractivity contribution in [2.75, 3.05) is 5.32 Å². The van der Waals surface area contributed by atoms with Gasteiger partial charge in [0.1, 0.15) is 12.4 Å². The molecule has 1 aromatic heterocycles. The fraction of sp³-hybridized carbons (Fsp3) is 0.227. The number of aromatic nitrogens is 3. The van der Waals surface area contributed by atoms with E-state index >= 15 is 0 Å². The van der Waals surface area contributed by atoms with Crippen molar-refractivity contribution >= 4 is 23.3 Å². The van der Waals surface area contributed by atoms with Gasteiger partial charge in [0.05, 0.1) is 0 Å². The molecule has 0 fully saturated rings. The van der Waals surface area contributed by atoms with E-state index in [1.165, 1.54) is 11.9 Å². The van der Waals surface area contributed by atoms with Crippen molar-refractivity contribution in [3.05, 3.63) is 87.8 Å². The summed E-state index contributed by atoms with van der Waals surface area (Å²) in [5.74, 6) is 0.917. The van der Waals surface area contributed by atoms with Gasteiger partial charge in [0.2, 0.25) is 5.95 Å². The summed E-state index contributed by atoms with van der Waals surface area (Å²) >= 11 is 6.17. The highest BCUT2D eigenvalue weighted by atomic mass is 35.5. The Morgan fingerprint density at radius 2 is 1.93 bits per heavy atom. The maximum atomic E-state index is 13.3. The first-order valence-electron chi connectivity index (χ1n) is 9.35. The number of rotatable bonds is 2. The lowest BCUT2D eigenvalue weighted by atomic mass is 9.78. The molecule has 2 aromatic carbocycles. The van der Waals surface area contributed by atoms with Gasteiger partial charge >= 0.3 is 0 Å². The highest BCUT2D eigenvalue weighted by molar-refractivity contribution is 6.30. The van der Waals surface area contributed by atoms with Gasteiger partial charge in [0, 0.05) is 22.7 Å². The Kier molecular flexibility index (Phi) is 4.05. The normalized spacial score (nSPS) is 21.1. The van der Waals surface area contributed by atoms with Crippen molar-refractivity contribution in [1.82, 2.24) is 14.8 Å². The van der Waals surface area contributed by atoms with Crippen molar-refractivity contribution in [3.63, 3.8) is 0 Å². The molecule has 5 rings (SSSR count). The number of benzene rings is 2. The lowest BCUT2D eigenvalue weighted by molar-refractivity contribution is -0.116. The molecule has 0 amide bonds. The van der Waals surface area contributed by atoms with Crippen LogP contribution in [0.4, 0.5) is 5.95 Å². The summed E-state index contributed by atoms with van der Waals surface area (Å²) in [5, 5.41) is 8.43. The minimum Gasteiger partial charge on any atom is -0.328 e. The third kappa shape index (κ3) is 2.83. The first kappa shape index (κ1) is 17.2. The molecule has 2 heterocycles. The number of hydrogen-bond donors (Lipinski definition) is 1. The predicted octanol–water partition coefficient (Wildman–Crippen LogP) is 4.66. The van der Waals surface area contributed by atoms with Crippen molar-refractivity contribution in [1.29, 1.82) is 0 Å². The molecule has 3 aromatic rings. The van der Waals surface area contributed by atoms with Gasteiger partial charge in [0.25, 0.3) is 0 Å². The van der Waals surface area contributed by atoms with Gasteiger partial charge < -0.3 is 5.32 Å². The monoisotopic (exact) mass is 390 g/mol. The molecule has 0 bridgehead atoms. The molecule has 0 saturated heterocycles. The molecule has 6 heteroatoms. The zero-order chi connectivity index (χ0) is 19.3. The second kappa shape index (κ2) is 6.60. The molecule has 1 N–H and O–H groups in total. The van der Waals surface area contributed by atoms with Crippen LogP contribution in [0.3, 0.4) is 0 Å². The Balaban J connectivity index is 1.59. The number of nitrogens with zero attached hydrogens (tertiary/aromatic N) is 3. The fourth-order valence-electron chi connectivity index (χ4n) is 4.21. The lowest BCUT2D eigenvalue weighted by Gasteiger charge is -2.35. The molecule has 0 spiro atoms. The van der Waals surface area contributed by atoms with Gasteiger partial charge in [-0.05, 0) is 42.5 Å². The molecule has 2 unspecified atom stereocenters. The summed E-state index contributed by atoms with van der Waals surface area (Å²) in [5.41, 5.74) is 5.04. The topological polar surface area (TPSA) is 59.8 Å². The van der Waals surface area contributed by atoms with E-state index in [-0.39, 0.29) is 17.7 Å². The van der Waals surface area contributed by atoms with Crippen molar-refractivity contribution in [2.45, 2.75) is 31.7 Å². The van der Waals surface area contributed by atoms with Crippen LogP contribution in [0.2, 0.25) is 5.02 Å². The molecule has 2 aliphatic rings. The van der Waals surface area contributed by atoms with E-state index < -0.39 is 0 Å². The Labute approximate surface area is 168 Å². The van der Waals surface area contributed by atoms with Gasteiger partial charge in [0.15, 0.2) is 5.78 Å². The summed E-state index contributed by atoms with van der Waals surface area (Å²) in [6.45, 7) is 2.05. The number of carbonyl (C=O) groups is 1.